The van der Waals surface area contributed by atoms with Gasteiger partial charge in [0.2, 0.25) is 0 Å². The van der Waals surface area contributed by atoms with Crippen molar-refractivity contribution in [1.29, 1.82) is 0 Å². The van der Waals surface area contributed by atoms with Gasteiger partial charge in [-0.25, -0.2) is 4.79 Å². The van der Waals surface area contributed by atoms with E-state index < -0.39 is 11.2 Å². The number of carbonyl (C=O) groups excluding carboxylic acids is 1. The van der Waals surface area contributed by atoms with Crippen molar-refractivity contribution in [3.05, 3.63) is 32.6 Å². The Labute approximate surface area is 67.5 Å². The minimum Gasteiger partial charge on any atom is -0.314 e. The highest BCUT2D eigenvalue weighted by atomic mass is 16.2. The van der Waals surface area contributed by atoms with Crippen LogP contribution in [0.25, 0.3) is 0 Å². The molecule has 2 N–H and O–H groups in total. The van der Waals surface area contributed by atoms with Crippen LogP contribution in [-0.2, 0) is 11.2 Å². The predicted octanol–water partition coefficient (Wildman–Crippen LogP) is -0.805. The van der Waals surface area contributed by atoms with Crippen molar-refractivity contribution in [2.24, 2.45) is 0 Å². The molecule has 0 fully saturated rings. The van der Waals surface area contributed by atoms with Gasteiger partial charge in [0.25, 0.3) is 5.56 Å². The number of carbonyl (C=O) groups is 1. The molecule has 1 rings (SSSR count). The fourth-order valence-electron chi connectivity index (χ4n) is 0.837. The van der Waals surface area contributed by atoms with E-state index in [4.69, 9.17) is 0 Å². The van der Waals surface area contributed by atoms with E-state index in [1.807, 2.05) is 4.98 Å². The van der Waals surface area contributed by atoms with Crippen LogP contribution in [0.15, 0.2) is 15.8 Å². The highest BCUT2D eigenvalue weighted by Crippen LogP contribution is 1.87. The molecule has 0 aromatic carbocycles. The van der Waals surface area contributed by atoms with Gasteiger partial charge in [-0.3, -0.25) is 14.6 Å². The summed E-state index contributed by atoms with van der Waals surface area (Å²) in [5, 5.41) is 0. The van der Waals surface area contributed by atoms with E-state index in [1.54, 1.807) is 0 Å². The van der Waals surface area contributed by atoms with Crippen molar-refractivity contribution < 1.29 is 4.79 Å². The number of ketones is 1. The van der Waals surface area contributed by atoms with Crippen molar-refractivity contribution in [3.63, 3.8) is 0 Å². The van der Waals surface area contributed by atoms with Crippen LogP contribution in [-0.4, -0.2) is 15.8 Å². The number of nitrogens with one attached hydrogen (secondary N) is 2. The largest absolute Gasteiger partial charge is 0.325 e. The first kappa shape index (κ1) is 8.45. The van der Waals surface area contributed by atoms with Gasteiger partial charge in [0.15, 0.2) is 0 Å². The normalized spacial score (nSPS) is 9.75. The van der Waals surface area contributed by atoms with Gasteiger partial charge in [0.1, 0.15) is 5.78 Å². The van der Waals surface area contributed by atoms with Crippen molar-refractivity contribution in [1.82, 2.24) is 9.97 Å². The molecular weight excluding hydrogens is 160 g/mol. The average Bonchev–Trinajstić information content (AvgIpc) is 1.94. The molecule has 0 bridgehead atoms. The quantitative estimate of drug-likeness (QED) is 0.606. The molecule has 0 unspecified atom stereocenters. The number of hydrogen-bond donors (Lipinski definition) is 2. The topological polar surface area (TPSA) is 82.8 Å². The van der Waals surface area contributed by atoms with E-state index in [1.165, 1.54) is 13.1 Å². The number of rotatable bonds is 2. The van der Waals surface area contributed by atoms with Crippen LogP contribution in [0.1, 0.15) is 12.5 Å². The SMILES string of the molecule is CC(=O)Cc1c[nH]c(=O)[nH]c1=O. The van der Waals surface area contributed by atoms with Crippen molar-refractivity contribution in [3.8, 4) is 0 Å². The second kappa shape index (κ2) is 3.17. The third kappa shape index (κ3) is 1.91. The summed E-state index contributed by atoms with van der Waals surface area (Å²) in [6.07, 6.45) is 1.30. The Hall–Kier alpha value is -1.65. The third-order valence-electron chi connectivity index (χ3n) is 1.34. The van der Waals surface area contributed by atoms with Crippen LogP contribution in [0.4, 0.5) is 0 Å². The maximum atomic E-state index is 10.9. The summed E-state index contributed by atoms with van der Waals surface area (Å²) in [7, 11) is 0. The minimum absolute atomic E-state index is 0.0477. The summed E-state index contributed by atoms with van der Waals surface area (Å²) < 4.78 is 0. The number of aromatic amines is 2. The van der Waals surface area contributed by atoms with Gasteiger partial charge >= 0.3 is 5.69 Å². The lowest BCUT2D eigenvalue weighted by Gasteiger charge is -1.93. The molecule has 0 saturated heterocycles. The molecule has 0 saturated carbocycles. The van der Waals surface area contributed by atoms with Gasteiger partial charge in [-0.05, 0) is 6.92 Å². The van der Waals surface area contributed by atoms with Gasteiger partial charge in [0, 0.05) is 18.2 Å². The zero-order valence-electron chi connectivity index (χ0n) is 6.51. The molecule has 1 aromatic rings. The van der Waals surface area contributed by atoms with Crippen LogP contribution in [0.5, 0.6) is 0 Å². The van der Waals surface area contributed by atoms with Crippen molar-refractivity contribution >= 4 is 5.78 Å². The Balaban J connectivity index is 3.10. The summed E-state index contributed by atoms with van der Waals surface area (Å²) >= 11 is 0. The molecule has 12 heavy (non-hydrogen) atoms. The smallest absolute Gasteiger partial charge is 0.314 e. The average molecular weight is 168 g/mol. The van der Waals surface area contributed by atoms with Crippen LogP contribution in [0.3, 0.4) is 0 Å². The Morgan fingerprint density at radius 3 is 2.67 bits per heavy atom. The summed E-state index contributed by atoms with van der Waals surface area (Å²) in [4.78, 5) is 36.4. The maximum Gasteiger partial charge on any atom is 0.325 e. The maximum absolute atomic E-state index is 10.9. The molecule has 64 valence electrons. The summed E-state index contributed by atoms with van der Waals surface area (Å²) in [5.41, 5.74) is -0.789. The first-order valence-electron chi connectivity index (χ1n) is 3.40. The predicted molar refractivity (Wildman–Crippen MR) is 42.1 cm³/mol. The van der Waals surface area contributed by atoms with E-state index in [-0.39, 0.29) is 17.8 Å². The second-order valence-electron chi connectivity index (χ2n) is 2.48. The van der Waals surface area contributed by atoms with Crippen LogP contribution in [0.2, 0.25) is 0 Å². The Morgan fingerprint density at radius 2 is 2.17 bits per heavy atom. The van der Waals surface area contributed by atoms with E-state index in [9.17, 15) is 14.4 Å². The molecule has 1 heterocycles. The third-order valence-corrected chi connectivity index (χ3v) is 1.34. The Bertz CT molecular complexity index is 402. The number of Topliss-reactive ketones (excluding diaryl/α,β-unsaturated/α-hetero) is 1. The Morgan fingerprint density at radius 1 is 1.50 bits per heavy atom. The minimum atomic E-state index is -0.563. The first-order valence-corrected chi connectivity index (χ1v) is 3.40. The fourth-order valence-corrected chi connectivity index (χ4v) is 0.837. The summed E-state index contributed by atoms with van der Waals surface area (Å²) in [6, 6.07) is 0. The molecule has 1 aromatic heterocycles. The van der Waals surface area contributed by atoms with E-state index >= 15 is 0 Å². The van der Waals surface area contributed by atoms with Crippen LogP contribution >= 0.6 is 0 Å². The molecule has 5 heteroatoms. The lowest BCUT2D eigenvalue weighted by atomic mass is 10.2. The van der Waals surface area contributed by atoms with Gasteiger partial charge < -0.3 is 4.98 Å². The summed E-state index contributed by atoms with van der Waals surface area (Å²) in [5.74, 6) is -0.118. The van der Waals surface area contributed by atoms with Crippen molar-refractivity contribution in [2.45, 2.75) is 13.3 Å². The second-order valence-corrected chi connectivity index (χ2v) is 2.48. The molecule has 0 aliphatic rings. The standard InChI is InChI=1S/C7H8N2O3/c1-4(10)2-5-3-8-7(12)9-6(5)11/h3H,2H2,1H3,(H2,8,9,11,12). The number of hydrogen-bond acceptors (Lipinski definition) is 3. The molecule has 0 aliphatic carbocycles. The van der Waals surface area contributed by atoms with Crippen molar-refractivity contribution in [2.75, 3.05) is 0 Å². The molecule has 0 spiro atoms. The molecule has 0 aliphatic heterocycles. The number of aromatic nitrogens is 2. The highest BCUT2D eigenvalue weighted by molar-refractivity contribution is 5.77. The van der Waals surface area contributed by atoms with E-state index in [2.05, 4.69) is 4.98 Å². The molecule has 0 atom stereocenters. The number of H-pyrrole nitrogens is 2. The lowest BCUT2D eigenvalue weighted by molar-refractivity contribution is -0.116. The molecule has 5 nitrogen and oxygen atoms in total. The molecular formula is C7H8N2O3. The van der Waals surface area contributed by atoms with Gasteiger partial charge in [-0.15, -0.1) is 0 Å². The lowest BCUT2D eigenvalue weighted by Crippen LogP contribution is -2.25. The Kier molecular flexibility index (Phi) is 2.23. The zero-order valence-corrected chi connectivity index (χ0v) is 6.51. The first-order chi connectivity index (χ1) is 5.59. The zero-order chi connectivity index (χ0) is 9.14. The van der Waals surface area contributed by atoms with Gasteiger partial charge in [-0.2, -0.15) is 0 Å². The van der Waals surface area contributed by atoms with Crippen LogP contribution in [0, 0.1) is 0 Å². The molecule has 0 radical (unpaired) electrons. The molecule has 0 amide bonds. The van der Waals surface area contributed by atoms with Gasteiger partial charge in [-0.1, -0.05) is 0 Å². The summed E-state index contributed by atoms with van der Waals surface area (Å²) in [6.45, 7) is 1.38. The van der Waals surface area contributed by atoms with E-state index in [0.717, 1.165) is 0 Å². The highest BCUT2D eigenvalue weighted by Gasteiger charge is 2.02. The fraction of sp³-hybridized carbons (Fsp3) is 0.286. The van der Waals surface area contributed by atoms with Crippen LogP contribution < -0.4 is 11.2 Å². The van der Waals surface area contributed by atoms with E-state index in [0.29, 0.717) is 0 Å². The monoisotopic (exact) mass is 168 g/mol. The van der Waals surface area contributed by atoms with Gasteiger partial charge in [0.05, 0.1) is 0 Å².